The Bertz CT molecular complexity index is 503. The highest BCUT2D eigenvalue weighted by Crippen LogP contribution is 2.04. The van der Waals surface area contributed by atoms with Crippen LogP contribution in [-0.4, -0.2) is 18.0 Å². The zero-order chi connectivity index (χ0) is 13.7. The lowest BCUT2D eigenvalue weighted by atomic mass is 10.2. The minimum absolute atomic E-state index is 0.776. The summed E-state index contributed by atoms with van der Waals surface area (Å²) >= 11 is 0. The minimum Gasteiger partial charge on any atom is -0.307 e. The van der Waals surface area contributed by atoms with Gasteiger partial charge in [0.25, 0.3) is 0 Å². The Kier molecular flexibility index (Phi) is 4.45. The molecule has 0 aliphatic rings. The summed E-state index contributed by atoms with van der Waals surface area (Å²) in [5.74, 6) is 0. The summed E-state index contributed by atoms with van der Waals surface area (Å²) in [4.78, 5) is 8.10. The van der Waals surface area contributed by atoms with Gasteiger partial charge < -0.3 is 5.32 Å². The van der Waals surface area contributed by atoms with Crippen LogP contribution >= 0.6 is 0 Å². The Labute approximate surface area is 116 Å². The van der Waals surface area contributed by atoms with Crippen molar-refractivity contribution in [2.75, 3.05) is 0 Å². The van der Waals surface area contributed by atoms with Gasteiger partial charge in [-0.05, 0) is 11.6 Å². The molecule has 1 heterocycles. The van der Waals surface area contributed by atoms with Gasteiger partial charge in [-0.15, -0.1) is 0 Å². The van der Waals surface area contributed by atoms with E-state index in [1.165, 1.54) is 10.8 Å². The van der Waals surface area contributed by atoms with Gasteiger partial charge in [0.15, 0.2) is 0 Å². The maximum atomic E-state index is 4.19. The second-order valence-corrected chi connectivity index (χ2v) is 10.8. The molecule has 19 heavy (non-hydrogen) atoms. The van der Waals surface area contributed by atoms with Crippen LogP contribution in [0.4, 0.5) is 0 Å². The first-order valence-corrected chi connectivity index (χ1v) is 10.1. The highest BCUT2D eigenvalue weighted by molar-refractivity contribution is 6.88. The smallest absolute Gasteiger partial charge is 0.115 e. The standard InChI is InChI=1S/C15H21N3Si/c1-19(2,3)15-6-4-13(5-7-15)10-17-11-14-8-9-16-12-18-14/h4-9,12,17H,10-11H2,1-3H3. The molecule has 1 aromatic carbocycles. The number of nitrogens with one attached hydrogen (secondary N) is 1. The molecule has 0 bridgehead atoms. The Hall–Kier alpha value is -1.52. The Morgan fingerprint density at radius 3 is 2.32 bits per heavy atom. The van der Waals surface area contributed by atoms with E-state index in [4.69, 9.17) is 0 Å². The summed E-state index contributed by atoms with van der Waals surface area (Å²) in [6.07, 6.45) is 3.35. The van der Waals surface area contributed by atoms with Crippen LogP contribution in [0.3, 0.4) is 0 Å². The van der Waals surface area contributed by atoms with E-state index in [1.54, 1.807) is 12.5 Å². The fourth-order valence-corrected chi connectivity index (χ4v) is 3.05. The number of hydrogen-bond acceptors (Lipinski definition) is 3. The zero-order valence-corrected chi connectivity index (χ0v) is 12.9. The predicted molar refractivity (Wildman–Crippen MR) is 82.0 cm³/mol. The molecule has 0 fully saturated rings. The lowest BCUT2D eigenvalue weighted by molar-refractivity contribution is 0.678. The molecule has 0 aliphatic carbocycles. The van der Waals surface area contributed by atoms with Crippen molar-refractivity contribution in [2.24, 2.45) is 0 Å². The third-order valence-electron chi connectivity index (χ3n) is 3.10. The molecule has 0 unspecified atom stereocenters. The van der Waals surface area contributed by atoms with Crippen LogP contribution in [0, 0.1) is 0 Å². The van der Waals surface area contributed by atoms with E-state index in [2.05, 4.69) is 59.2 Å². The van der Waals surface area contributed by atoms with E-state index >= 15 is 0 Å². The van der Waals surface area contributed by atoms with Crippen LogP contribution in [-0.2, 0) is 13.1 Å². The highest BCUT2D eigenvalue weighted by atomic mass is 28.3. The predicted octanol–water partition coefficient (Wildman–Crippen LogP) is 2.31. The Balaban J connectivity index is 1.87. The van der Waals surface area contributed by atoms with Gasteiger partial charge in [0, 0.05) is 19.3 Å². The van der Waals surface area contributed by atoms with Gasteiger partial charge in [0.2, 0.25) is 0 Å². The van der Waals surface area contributed by atoms with Crippen molar-refractivity contribution in [3.05, 3.63) is 54.1 Å². The van der Waals surface area contributed by atoms with E-state index in [0.29, 0.717) is 0 Å². The van der Waals surface area contributed by atoms with Crippen molar-refractivity contribution in [3.8, 4) is 0 Å². The topological polar surface area (TPSA) is 37.8 Å². The van der Waals surface area contributed by atoms with Gasteiger partial charge in [-0.25, -0.2) is 9.97 Å². The Morgan fingerprint density at radius 1 is 1.00 bits per heavy atom. The third-order valence-corrected chi connectivity index (χ3v) is 5.16. The van der Waals surface area contributed by atoms with Crippen molar-refractivity contribution in [2.45, 2.75) is 32.7 Å². The molecule has 2 rings (SSSR count). The number of hydrogen-bond donors (Lipinski definition) is 1. The van der Waals surface area contributed by atoms with Gasteiger partial charge in [-0.2, -0.15) is 0 Å². The first-order chi connectivity index (χ1) is 9.05. The van der Waals surface area contributed by atoms with E-state index in [-0.39, 0.29) is 0 Å². The summed E-state index contributed by atoms with van der Waals surface area (Å²) in [6.45, 7) is 8.76. The maximum absolute atomic E-state index is 4.19. The first kappa shape index (κ1) is 13.9. The van der Waals surface area contributed by atoms with Crippen molar-refractivity contribution >= 4 is 13.3 Å². The molecule has 2 aromatic rings. The molecule has 0 amide bonds. The molecular formula is C15H21N3Si. The van der Waals surface area contributed by atoms with Crippen molar-refractivity contribution in [1.29, 1.82) is 0 Å². The quantitative estimate of drug-likeness (QED) is 0.848. The van der Waals surface area contributed by atoms with Gasteiger partial charge in [0.05, 0.1) is 13.8 Å². The number of nitrogens with zero attached hydrogens (tertiary/aromatic N) is 2. The molecule has 4 heteroatoms. The highest BCUT2D eigenvalue weighted by Gasteiger charge is 2.15. The second-order valence-electron chi connectivity index (χ2n) is 5.75. The number of rotatable bonds is 5. The summed E-state index contributed by atoms with van der Waals surface area (Å²) in [7, 11) is -1.18. The first-order valence-electron chi connectivity index (χ1n) is 6.61. The number of benzene rings is 1. The largest absolute Gasteiger partial charge is 0.307 e. The molecule has 0 saturated carbocycles. The molecule has 100 valence electrons. The second kappa shape index (κ2) is 6.08. The van der Waals surface area contributed by atoms with Crippen LogP contribution in [0.25, 0.3) is 0 Å². The number of aromatic nitrogens is 2. The molecule has 0 atom stereocenters. The lowest BCUT2D eigenvalue weighted by Gasteiger charge is -2.16. The van der Waals surface area contributed by atoms with E-state index in [0.717, 1.165) is 18.8 Å². The van der Waals surface area contributed by atoms with Crippen LogP contribution in [0.15, 0.2) is 42.9 Å². The molecule has 3 nitrogen and oxygen atoms in total. The SMILES string of the molecule is C[Si](C)(C)c1ccc(CNCc2ccncn2)cc1. The average Bonchev–Trinajstić information content (AvgIpc) is 2.39. The molecule has 1 aromatic heterocycles. The summed E-state index contributed by atoms with van der Waals surface area (Å²) in [5, 5.41) is 4.90. The van der Waals surface area contributed by atoms with Gasteiger partial charge >= 0.3 is 0 Å². The summed E-state index contributed by atoms with van der Waals surface area (Å²) < 4.78 is 0. The summed E-state index contributed by atoms with van der Waals surface area (Å²) in [6, 6.07) is 10.9. The molecule has 0 radical (unpaired) electrons. The van der Waals surface area contributed by atoms with E-state index < -0.39 is 8.07 Å². The average molecular weight is 271 g/mol. The lowest BCUT2D eigenvalue weighted by Crippen LogP contribution is -2.37. The van der Waals surface area contributed by atoms with Crippen molar-refractivity contribution in [3.63, 3.8) is 0 Å². The molecular weight excluding hydrogens is 250 g/mol. The van der Waals surface area contributed by atoms with Crippen LogP contribution < -0.4 is 10.5 Å². The fourth-order valence-electron chi connectivity index (χ4n) is 1.88. The molecule has 0 saturated heterocycles. The van der Waals surface area contributed by atoms with E-state index in [1.807, 2.05) is 6.07 Å². The minimum atomic E-state index is -1.18. The maximum Gasteiger partial charge on any atom is 0.115 e. The third kappa shape index (κ3) is 4.26. The Morgan fingerprint density at radius 2 is 1.74 bits per heavy atom. The van der Waals surface area contributed by atoms with Crippen molar-refractivity contribution < 1.29 is 0 Å². The molecule has 0 aliphatic heterocycles. The molecule has 0 spiro atoms. The van der Waals surface area contributed by atoms with Crippen molar-refractivity contribution in [1.82, 2.24) is 15.3 Å². The van der Waals surface area contributed by atoms with Crippen LogP contribution in [0.2, 0.25) is 19.6 Å². The monoisotopic (exact) mass is 271 g/mol. The van der Waals surface area contributed by atoms with E-state index in [9.17, 15) is 0 Å². The van der Waals surface area contributed by atoms with Crippen LogP contribution in [0.1, 0.15) is 11.3 Å². The molecule has 1 N–H and O–H groups in total. The normalized spacial score (nSPS) is 11.5. The van der Waals surface area contributed by atoms with Gasteiger partial charge in [-0.1, -0.05) is 49.1 Å². The zero-order valence-electron chi connectivity index (χ0n) is 11.9. The van der Waals surface area contributed by atoms with Gasteiger partial charge in [-0.3, -0.25) is 0 Å². The van der Waals surface area contributed by atoms with Gasteiger partial charge in [0.1, 0.15) is 6.33 Å². The summed E-state index contributed by atoms with van der Waals surface area (Å²) in [5.41, 5.74) is 2.34. The fraction of sp³-hybridized carbons (Fsp3) is 0.333. The van der Waals surface area contributed by atoms with Crippen LogP contribution in [0.5, 0.6) is 0 Å².